The molecule has 0 amide bonds. The zero-order valence-corrected chi connectivity index (χ0v) is 12.4. The van der Waals surface area contributed by atoms with Crippen molar-refractivity contribution >= 4 is 5.95 Å². The van der Waals surface area contributed by atoms with E-state index in [2.05, 4.69) is 53.4 Å². The SMILES string of the molecule is Cc1cnc(NC2c3ccccc3CCC2(C)C)nc1. The van der Waals surface area contributed by atoms with E-state index in [1.807, 2.05) is 19.3 Å². The molecule has 3 nitrogen and oxygen atoms in total. The highest BCUT2D eigenvalue weighted by atomic mass is 15.1. The minimum absolute atomic E-state index is 0.197. The van der Waals surface area contributed by atoms with Crippen LogP contribution in [0.15, 0.2) is 36.7 Å². The van der Waals surface area contributed by atoms with Crippen LogP contribution in [-0.4, -0.2) is 9.97 Å². The van der Waals surface area contributed by atoms with Crippen molar-refractivity contribution in [3.63, 3.8) is 0 Å². The van der Waals surface area contributed by atoms with Crippen molar-refractivity contribution in [3.05, 3.63) is 53.3 Å². The lowest BCUT2D eigenvalue weighted by Gasteiger charge is -2.40. The molecule has 0 bridgehead atoms. The Bertz CT molecular complexity index is 602. The molecular weight excluding hydrogens is 246 g/mol. The van der Waals surface area contributed by atoms with Gasteiger partial charge in [0.1, 0.15) is 0 Å². The quantitative estimate of drug-likeness (QED) is 0.896. The fourth-order valence-corrected chi connectivity index (χ4v) is 2.93. The molecule has 1 atom stereocenters. The highest BCUT2D eigenvalue weighted by Gasteiger charge is 2.36. The first-order chi connectivity index (χ1) is 9.56. The van der Waals surface area contributed by atoms with Crippen molar-refractivity contribution in [1.82, 2.24) is 9.97 Å². The van der Waals surface area contributed by atoms with Gasteiger partial charge in [-0.1, -0.05) is 38.1 Å². The van der Waals surface area contributed by atoms with Crippen molar-refractivity contribution in [2.75, 3.05) is 5.32 Å². The van der Waals surface area contributed by atoms with Crippen LogP contribution >= 0.6 is 0 Å². The second kappa shape index (κ2) is 4.89. The number of benzene rings is 1. The van der Waals surface area contributed by atoms with Crippen LogP contribution in [0.2, 0.25) is 0 Å². The number of nitrogens with zero attached hydrogens (tertiary/aromatic N) is 2. The molecule has 1 aliphatic rings. The Morgan fingerprint density at radius 2 is 1.85 bits per heavy atom. The predicted molar refractivity (Wildman–Crippen MR) is 81.7 cm³/mol. The third-order valence-electron chi connectivity index (χ3n) is 4.24. The van der Waals surface area contributed by atoms with Gasteiger partial charge in [0.2, 0.25) is 5.95 Å². The van der Waals surface area contributed by atoms with Crippen molar-refractivity contribution in [2.45, 2.75) is 39.7 Å². The smallest absolute Gasteiger partial charge is 0.223 e. The fraction of sp³-hybridized carbons (Fsp3) is 0.412. The number of hydrogen-bond acceptors (Lipinski definition) is 3. The number of rotatable bonds is 2. The Balaban J connectivity index is 1.95. The summed E-state index contributed by atoms with van der Waals surface area (Å²) in [5.41, 5.74) is 4.10. The first-order valence-electron chi connectivity index (χ1n) is 7.19. The van der Waals surface area contributed by atoms with Crippen molar-refractivity contribution in [1.29, 1.82) is 0 Å². The van der Waals surface area contributed by atoms with E-state index < -0.39 is 0 Å². The third kappa shape index (κ3) is 2.40. The summed E-state index contributed by atoms with van der Waals surface area (Å²) in [6.07, 6.45) is 6.04. The average Bonchev–Trinajstić information content (AvgIpc) is 2.44. The molecular formula is C17H21N3. The van der Waals surface area contributed by atoms with Crippen molar-refractivity contribution in [2.24, 2.45) is 5.41 Å². The Morgan fingerprint density at radius 1 is 1.15 bits per heavy atom. The van der Waals surface area contributed by atoms with Crippen LogP contribution in [0.25, 0.3) is 0 Å². The van der Waals surface area contributed by atoms with Crippen LogP contribution in [0, 0.1) is 12.3 Å². The lowest BCUT2D eigenvalue weighted by Crippen LogP contribution is -2.33. The topological polar surface area (TPSA) is 37.8 Å². The van der Waals surface area contributed by atoms with Crippen LogP contribution in [0.3, 0.4) is 0 Å². The molecule has 0 fully saturated rings. The van der Waals surface area contributed by atoms with Crippen molar-refractivity contribution in [3.8, 4) is 0 Å². The molecule has 0 aliphatic heterocycles. The molecule has 20 heavy (non-hydrogen) atoms. The summed E-state index contributed by atoms with van der Waals surface area (Å²) in [4.78, 5) is 8.78. The number of fused-ring (bicyclic) bond motifs is 1. The van der Waals surface area contributed by atoms with Gasteiger partial charge >= 0.3 is 0 Å². The highest BCUT2D eigenvalue weighted by Crippen LogP contribution is 2.44. The van der Waals surface area contributed by atoms with E-state index in [0.29, 0.717) is 5.95 Å². The molecule has 0 radical (unpaired) electrons. The predicted octanol–water partition coefficient (Wildman–Crippen LogP) is 3.91. The summed E-state index contributed by atoms with van der Waals surface area (Å²) < 4.78 is 0. The maximum absolute atomic E-state index is 4.39. The van der Waals surface area contributed by atoms with Gasteiger partial charge < -0.3 is 5.32 Å². The molecule has 1 unspecified atom stereocenters. The van der Waals surface area contributed by atoms with Crippen LogP contribution in [-0.2, 0) is 6.42 Å². The van der Waals surface area contributed by atoms with E-state index in [4.69, 9.17) is 0 Å². The molecule has 2 aromatic rings. The summed E-state index contributed by atoms with van der Waals surface area (Å²) in [6, 6.07) is 8.95. The van der Waals surface area contributed by atoms with Gasteiger partial charge in [-0.15, -0.1) is 0 Å². The maximum Gasteiger partial charge on any atom is 0.223 e. The number of anilines is 1. The first-order valence-corrected chi connectivity index (χ1v) is 7.19. The minimum Gasteiger partial charge on any atom is -0.347 e. The van der Waals surface area contributed by atoms with Gasteiger partial charge in [-0.05, 0) is 41.9 Å². The molecule has 1 N–H and O–H groups in total. The third-order valence-corrected chi connectivity index (χ3v) is 4.24. The van der Waals surface area contributed by atoms with E-state index in [1.54, 1.807) is 0 Å². The molecule has 1 aliphatic carbocycles. The first kappa shape index (κ1) is 13.1. The van der Waals surface area contributed by atoms with Gasteiger partial charge in [-0.3, -0.25) is 0 Å². The van der Waals surface area contributed by atoms with Gasteiger partial charge in [0.15, 0.2) is 0 Å². The largest absolute Gasteiger partial charge is 0.347 e. The molecule has 104 valence electrons. The van der Waals surface area contributed by atoms with Crippen molar-refractivity contribution < 1.29 is 0 Å². The van der Waals surface area contributed by atoms with E-state index in [9.17, 15) is 0 Å². The number of nitrogens with one attached hydrogen (secondary N) is 1. The molecule has 0 saturated heterocycles. The normalized spacial score (nSPS) is 20.2. The average molecular weight is 267 g/mol. The highest BCUT2D eigenvalue weighted by molar-refractivity contribution is 5.40. The molecule has 0 saturated carbocycles. The second-order valence-corrected chi connectivity index (χ2v) is 6.35. The van der Waals surface area contributed by atoms with Gasteiger partial charge in [0.05, 0.1) is 6.04 Å². The van der Waals surface area contributed by atoms with Crippen LogP contribution < -0.4 is 5.32 Å². The molecule has 1 aromatic heterocycles. The van der Waals surface area contributed by atoms with Crippen LogP contribution in [0.5, 0.6) is 0 Å². The molecule has 3 rings (SSSR count). The van der Waals surface area contributed by atoms with E-state index in [0.717, 1.165) is 12.0 Å². The number of aromatic nitrogens is 2. The summed E-state index contributed by atoms with van der Waals surface area (Å²) in [5, 5.41) is 3.53. The maximum atomic E-state index is 4.39. The number of aryl methyl sites for hydroxylation is 2. The molecule has 3 heteroatoms. The van der Waals surface area contributed by atoms with Gasteiger partial charge in [-0.2, -0.15) is 0 Å². The minimum atomic E-state index is 0.197. The van der Waals surface area contributed by atoms with E-state index >= 15 is 0 Å². The summed E-state index contributed by atoms with van der Waals surface area (Å²) in [5.74, 6) is 0.713. The number of hydrogen-bond donors (Lipinski definition) is 1. The molecule has 0 spiro atoms. The Labute approximate surface area is 120 Å². The summed E-state index contributed by atoms with van der Waals surface area (Å²) in [6.45, 7) is 6.63. The lowest BCUT2D eigenvalue weighted by atomic mass is 9.70. The zero-order chi connectivity index (χ0) is 14.2. The second-order valence-electron chi connectivity index (χ2n) is 6.35. The Kier molecular flexibility index (Phi) is 3.20. The summed E-state index contributed by atoms with van der Waals surface area (Å²) in [7, 11) is 0. The molecule has 1 heterocycles. The van der Waals surface area contributed by atoms with Gasteiger partial charge in [-0.25, -0.2) is 9.97 Å². The van der Waals surface area contributed by atoms with Gasteiger partial charge in [0, 0.05) is 12.4 Å². The van der Waals surface area contributed by atoms with Crippen LogP contribution in [0.1, 0.15) is 43.0 Å². The van der Waals surface area contributed by atoms with E-state index in [1.165, 1.54) is 17.5 Å². The lowest BCUT2D eigenvalue weighted by molar-refractivity contribution is 0.264. The fourth-order valence-electron chi connectivity index (χ4n) is 2.93. The van der Waals surface area contributed by atoms with E-state index in [-0.39, 0.29) is 11.5 Å². The van der Waals surface area contributed by atoms with Gasteiger partial charge in [0.25, 0.3) is 0 Å². The summed E-state index contributed by atoms with van der Waals surface area (Å²) >= 11 is 0. The Hall–Kier alpha value is -1.90. The monoisotopic (exact) mass is 267 g/mol. The standard InChI is InChI=1S/C17H21N3/c1-12-10-18-16(19-11-12)20-15-14-7-5-4-6-13(14)8-9-17(15,2)3/h4-7,10-11,15H,8-9H2,1-3H3,(H,18,19,20). The van der Waals surface area contributed by atoms with Crippen LogP contribution in [0.4, 0.5) is 5.95 Å². The Morgan fingerprint density at radius 3 is 2.60 bits per heavy atom. The zero-order valence-electron chi connectivity index (χ0n) is 12.4. The molecule has 1 aromatic carbocycles.